The molecule has 0 aromatic carbocycles. The van der Waals surface area contributed by atoms with Crippen LogP contribution < -0.4 is 16.3 Å². The van der Waals surface area contributed by atoms with Crippen molar-refractivity contribution in [2.45, 2.75) is 58.6 Å². The molecule has 29 heavy (non-hydrogen) atoms. The fourth-order valence-corrected chi connectivity index (χ4v) is 2.88. The van der Waals surface area contributed by atoms with Crippen molar-refractivity contribution in [1.29, 1.82) is 0 Å². The summed E-state index contributed by atoms with van der Waals surface area (Å²) in [6.45, 7) is 6.04. The smallest absolute Gasteiger partial charge is 0.462 e. The number of terminal acetylenes is 1. The van der Waals surface area contributed by atoms with E-state index in [2.05, 4.69) is 11.0 Å². The van der Waals surface area contributed by atoms with Crippen LogP contribution in [0.25, 0.3) is 0 Å². The van der Waals surface area contributed by atoms with E-state index in [0.717, 1.165) is 4.57 Å². The molecule has 1 aromatic rings. The zero-order chi connectivity index (χ0) is 22.1. The molecule has 0 spiro atoms. The minimum Gasteiger partial charge on any atom is -0.462 e. The minimum atomic E-state index is -2.44. The largest absolute Gasteiger partial charge is 0.613 e. The van der Waals surface area contributed by atoms with Gasteiger partial charge in [-0.05, 0) is 32.3 Å². The highest BCUT2D eigenvalue weighted by molar-refractivity contribution is 7.36. The van der Waals surface area contributed by atoms with Crippen LogP contribution in [-0.4, -0.2) is 40.4 Å². The number of nitrogens with one attached hydrogen (secondary N) is 2. The van der Waals surface area contributed by atoms with Crippen molar-refractivity contribution in [3.05, 3.63) is 32.9 Å². The second-order valence-electron chi connectivity index (χ2n) is 6.30. The van der Waals surface area contributed by atoms with E-state index < -0.39 is 49.6 Å². The van der Waals surface area contributed by atoms with Gasteiger partial charge in [0, 0.05) is 6.42 Å². The topological polar surface area (TPSA) is 129 Å². The first-order chi connectivity index (χ1) is 13.5. The molecular weight excluding hydrogens is 408 g/mol. The standard InChI is InChI=1S/C17H23FN3O7P/c1-6-7-13(9-26-29(25)20-11(4)16(23)27-10(2)3)28-12(5)21-8-14(18)15(22)19-17(21)24/h1,8,10-13H,7,9H2,2-5H3,(H-,19,20,22,24,25)/p+1/t11-,12+,13-/m0/s1. The van der Waals surface area contributed by atoms with E-state index in [0.29, 0.717) is 6.20 Å². The molecular formula is C17H24FN3O7P+. The van der Waals surface area contributed by atoms with Gasteiger partial charge in [-0.2, -0.15) is 4.39 Å². The highest BCUT2D eigenvalue weighted by Crippen LogP contribution is 2.21. The molecule has 0 aliphatic heterocycles. The number of carbonyl (C=O) groups is 1. The lowest BCUT2D eigenvalue weighted by atomic mass is 10.3. The lowest BCUT2D eigenvalue weighted by molar-refractivity contribution is -0.149. The Balaban J connectivity index is 2.67. The van der Waals surface area contributed by atoms with Gasteiger partial charge in [0.2, 0.25) is 5.82 Å². The van der Waals surface area contributed by atoms with Crippen molar-refractivity contribution in [3.8, 4) is 12.3 Å². The molecule has 0 saturated heterocycles. The van der Waals surface area contributed by atoms with Crippen LogP contribution >= 0.6 is 8.18 Å². The van der Waals surface area contributed by atoms with Crippen LogP contribution in [0.3, 0.4) is 0 Å². The van der Waals surface area contributed by atoms with Crippen molar-refractivity contribution in [1.82, 2.24) is 14.6 Å². The fourth-order valence-electron chi connectivity index (χ4n) is 2.09. The van der Waals surface area contributed by atoms with Gasteiger partial charge in [0.15, 0.2) is 0 Å². The number of halogens is 1. The Morgan fingerprint density at radius 2 is 2.03 bits per heavy atom. The molecule has 4 atom stereocenters. The number of esters is 1. The minimum absolute atomic E-state index is 0.0407. The summed E-state index contributed by atoms with van der Waals surface area (Å²) in [5.41, 5.74) is -2.01. The number of rotatable bonds is 11. The zero-order valence-corrected chi connectivity index (χ0v) is 17.4. The third kappa shape index (κ3) is 8.25. The number of ether oxygens (including phenoxy) is 2. The lowest BCUT2D eigenvalue weighted by Crippen LogP contribution is -2.35. The summed E-state index contributed by atoms with van der Waals surface area (Å²) in [7, 11) is -2.44. The van der Waals surface area contributed by atoms with E-state index in [4.69, 9.17) is 20.4 Å². The van der Waals surface area contributed by atoms with E-state index in [9.17, 15) is 23.3 Å². The molecule has 0 fully saturated rings. The average molecular weight is 432 g/mol. The van der Waals surface area contributed by atoms with Crippen molar-refractivity contribution in [2.24, 2.45) is 0 Å². The van der Waals surface area contributed by atoms with E-state index in [-0.39, 0.29) is 19.1 Å². The van der Waals surface area contributed by atoms with Crippen LogP contribution in [0.15, 0.2) is 15.8 Å². The van der Waals surface area contributed by atoms with Gasteiger partial charge >= 0.3 is 19.8 Å². The summed E-state index contributed by atoms with van der Waals surface area (Å²) in [4.78, 5) is 36.4. The molecule has 1 aromatic heterocycles. The molecule has 1 rings (SSSR count). The number of nitrogens with zero attached hydrogens (tertiary/aromatic N) is 1. The van der Waals surface area contributed by atoms with Crippen LogP contribution in [0, 0.1) is 18.2 Å². The second kappa shape index (κ2) is 11.6. The Kier molecular flexibility index (Phi) is 9.85. The quantitative estimate of drug-likeness (QED) is 0.303. The zero-order valence-electron chi connectivity index (χ0n) is 16.5. The van der Waals surface area contributed by atoms with Crippen molar-refractivity contribution in [3.63, 3.8) is 0 Å². The normalized spacial score (nSPS) is 14.7. The fraction of sp³-hybridized carbons (Fsp3) is 0.588. The highest BCUT2D eigenvalue weighted by Gasteiger charge is 2.29. The Morgan fingerprint density at radius 3 is 2.62 bits per heavy atom. The predicted molar refractivity (Wildman–Crippen MR) is 102 cm³/mol. The molecule has 1 heterocycles. The molecule has 0 radical (unpaired) electrons. The Labute approximate surface area is 167 Å². The van der Waals surface area contributed by atoms with Crippen molar-refractivity contribution >= 4 is 14.1 Å². The molecule has 2 N–H and O–H groups in total. The number of carbonyl (C=O) groups excluding carboxylic acids is 1. The molecule has 0 amide bonds. The summed E-state index contributed by atoms with van der Waals surface area (Å²) in [6, 6.07) is -0.866. The average Bonchev–Trinajstić information content (AvgIpc) is 2.62. The van der Waals surface area contributed by atoms with Gasteiger partial charge in [0.05, 0.1) is 18.4 Å². The number of hydrogen-bond acceptors (Lipinski definition) is 7. The maximum absolute atomic E-state index is 13.4. The first-order valence-electron chi connectivity index (χ1n) is 8.71. The van der Waals surface area contributed by atoms with Gasteiger partial charge in [0.25, 0.3) is 5.56 Å². The number of hydrogen-bond donors (Lipinski definition) is 2. The Bertz CT molecular complexity index is 877. The second-order valence-corrected chi connectivity index (χ2v) is 7.33. The molecule has 10 nitrogen and oxygen atoms in total. The monoisotopic (exact) mass is 432 g/mol. The third-order valence-corrected chi connectivity index (χ3v) is 4.41. The van der Waals surface area contributed by atoms with Gasteiger partial charge < -0.3 is 9.47 Å². The van der Waals surface area contributed by atoms with Crippen LogP contribution in [0.5, 0.6) is 0 Å². The first-order valence-corrected chi connectivity index (χ1v) is 9.89. The van der Waals surface area contributed by atoms with E-state index in [1.54, 1.807) is 13.8 Å². The van der Waals surface area contributed by atoms with Gasteiger partial charge in [-0.1, -0.05) is 5.09 Å². The predicted octanol–water partition coefficient (Wildman–Crippen LogP) is 1.21. The number of H-pyrrole nitrogens is 1. The van der Waals surface area contributed by atoms with E-state index in [1.807, 2.05) is 4.98 Å². The molecule has 0 aliphatic carbocycles. The number of aromatic amines is 1. The maximum Gasteiger partial charge on any atom is 0.613 e. The van der Waals surface area contributed by atoms with Crippen LogP contribution in [0.1, 0.15) is 40.3 Å². The molecule has 0 saturated carbocycles. The maximum atomic E-state index is 13.4. The van der Waals surface area contributed by atoms with Gasteiger partial charge in [0.1, 0.15) is 18.9 Å². The first kappa shape index (κ1) is 24.7. The summed E-state index contributed by atoms with van der Waals surface area (Å²) >= 11 is 0. The van der Waals surface area contributed by atoms with Gasteiger partial charge in [-0.25, -0.2) is 4.79 Å². The summed E-state index contributed by atoms with van der Waals surface area (Å²) in [5.74, 6) is 0.610. The van der Waals surface area contributed by atoms with Crippen molar-refractivity contribution in [2.75, 3.05) is 6.61 Å². The SMILES string of the molecule is C#CC[C@@H](CO[P+](=O)N[C@@H](C)C(=O)OC(C)C)O[C@H](C)n1cc(F)c(=O)[nH]c1=O. The van der Waals surface area contributed by atoms with Crippen LogP contribution in [0.4, 0.5) is 4.39 Å². The van der Waals surface area contributed by atoms with Crippen molar-refractivity contribution < 1.29 is 27.7 Å². The molecule has 0 aliphatic rings. The van der Waals surface area contributed by atoms with E-state index in [1.165, 1.54) is 13.8 Å². The number of aromatic nitrogens is 2. The van der Waals surface area contributed by atoms with Crippen LogP contribution in [-0.2, 0) is 23.4 Å². The summed E-state index contributed by atoms with van der Waals surface area (Å²) in [5, 5.41) is 2.45. The summed E-state index contributed by atoms with van der Waals surface area (Å²) < 4.78 is 42.0. The molecule has 1 unspecified atom stereocenters. The molecule has 12 heteroatoms. The molecule has 160 valence electrons. The Morgan fingerprint density at radius 1 is 1.38 bits per heavy atom. The van der Waals surface area contributed by atoms with Gasteiger partial charge in [-0.15, -0.1) is 16.9 Å². The van der Waals surface area contributed by atoms with Gasteiger partial charge in [-0.3, -0.25) is 19.1 Å². The highest BCUT2D eigenvalue weighted by atomic mass is 31.1. The molecule has 0 bridgehead atoms. The summed E-state index contributed by atoms with van der Waals surface area (Å²) in [6.07, 6.45) is 3.92. The Hall–Kier alpha value is -2.38. The van der Waals surface area contributed by atoms with E-state index >= 15 is 0 Å². The third-order valence-electron chi connectivity index (χ3n) is 3.43. The lowest BCUT2D eigenvalue weighted by Gasteiger charge is -2.20. The van der Waals surface area contributed by atoms with Crippen LogP contribution in [0.2, 0.25) is 0 Å².